The molecule has 7 nitrogen and oxygen atoms in total. The van der Waals surface area contributed by atoms with Crippen LogP contribution in [0.15, 0.2) is 54.9 Å². The van der Waals surface area contributed by atoms with Crippen LogP contribution in [0.4, 0.5) is 19.3 Å². The van der Waals surface area contributed by atoms with Gasteiger partial charge in [-0.3, -0.25) is 14.8 Å². The number of thiophene rings is 1. The smallest absolute Gasteiger partial charge is 0.321 e. The van der Waals surface area contributed by atoms with E-state index in [1.165, 1.54) is 29.7 Å². The zero-order valence-corrected chi connectivity index (χ0v) is 18.2. The first-order valence-electron chi connectivity index (χ1n) is 9.96. The summed E-state index contributed by atoms with van der Waals surface area (Å²) in [6, 6.07) is 10.0. The van der Waals surface area contributed by atoms with Crippen molar-refractivity contribution < 1.29 is 23.1 Å². The van der Waals surface area contributed by atoms with Gasteiger partial charge in [-0.25, -0.2) is 13.6 Å². The van der Waals surface area contributed by atoms with E-state index in [0.29, 0.717) is 27.2 Å². The van der Waals surface area contributed by atoms with E-state index in [0.717, 1.165) is 17.2 Å². The van der Waals surface area contributed by atoms with Gasteiger partial charge in [0.2, 0.25) is 0 Å². The van der Waals surface area contributed by atoms with Gasteiger partial charge in [-0.05, 0) is 36.8 Å². The fraction of sp³-hybridized carbons (Fsp3) is 0.130. The van der Waals surface area contributed by atoms with Crippen molar-refractivity contribution in [3.63, 3.8) is 0 Å². The van der Waals surface area contributed by atoms with Crippen molar-refractivity contribution in [2.24, 2.45) is 0 Å². The molecule has 4 rings (SSSR count). The highest BCUT2D eigenvalue weighted by Crippen LogP contribution is 2.39. The molecule has 168 valence electrons. The van der Waals surface area contributed by atoms with Gasteiger partial charge in [-0.1, -0.05) is 6.92 Å². The van der Waals surface area contributed by atoms with Crippen LogP contribution in [0, 0.1) is 5.82 Å². The molecule has 4 aromatic rings. The molecule has 0 saturated heterocycles. The molecular formula is C23H18F2N4O3S. The maximum Gasteiger partial charge on any atom is 0.321 e. The summed E-state index contributed by atoms with van der Waals surface area (Å²) in [5.41, 5.74) is 1.96. The second-order valence-corrected chi connectivity index (χ2v) is 8.00. The first-order chi connectivity index (χ1) is 16.0. The number of pyridine rings is 2. The average molecular weight is 468 g/mol. The number of carbonyl (C=O) groups excluding carboxylic acids is 2. The number of ether oxygens (including phenoxy) is 1. The van der Waals surface area contributed by atoms with Crippen LogP contribution in [0.5, 0.6) is 11.5 Å². The first kappa shape index (κ1) is 22.3. The molecule has 3 heterocycles. The predicted octanol–water partition coefficient (Wildman–Crippen LogP) is 5.93. The molecule has 0 radical (unpaired) electrons. The predicted molar refractivity (Wildman–Crippen MR) is 122 cm³/mol. The summed E-state index contributed by atoms with van der Waals surface area (Å²) in [6.07, 6.45) is 2.40. The average Bonchev–Trinajstić information content (AvgIpc) is 3.26. The quantitative estimate of drug-likeness (QED) is 0.259. The minimum Gasteiger partial charge on any atom is -0.453 e. The summed E-state index contributed by atoms with van der Waals surface area (Å²) in [7, 11) is 0. The Bertz CT molecular complexity index is 1310. The van der Waals surface area contributed by atoms with Crippen LogP contribution in [-0.4, -0.2) is 28.6 Å². The third kappa shape index (κ3) is 5.12. The summed E-state index contributed by atoms with van der Waals surface area (Å²) >= 11 is 1.37. The van der Waals surface area contributed by atoms with Gasteiger partial charge in [0, 0.05) is 35.8 Å². The molecule has 33 heavy (non-hydrogen) atoms. The SMILES string of the molecule is CCC(F)NC(=O)Nc1ccc(Oc2ccnc3cc(-c4ccc(C=O)cn4)sc23)c(F)c1. The highest BCUT2D eigenvalue weighted by atomic mass is 32.1. The molecule has 0 aliphatic rings. The van der Waals surface area contributed by atoms with Gasteiger partial charge in [-0.2, -0.15) is 0 Å². The van der Waals surface area contributed by atoms with Crippen LogP contribution >= 0.6 is 11.3 Å². The Labute approximate surface area is 191 Å². The highest BCUT2D eigenvalue weighted by Gasteiger charge is 2.15. The highest BCUT2D eigenvalue weighted by molar-refractivity contribution is 7.22. The number of anilines is 1. The number of halogens is 2. The fourth-order valence-electron chi connectivity index (χ4n) is 2.93. The lowest BCUT2D eigenvalue weighted by atomic mass is 10.2. The molecule has 10 heteroatoms. The molecule has 0 spiro atoms. The largest absolute Gasteiger partial charge is 0.453 e. The van der Waals surface area contributed by atoms with E-state index < -0.39 is 18.1 Å². The molecule has 3 aromatic heterocycles. The van der Waals surface area contributed by atoms with E-state index in [1.807, 2.05) is 6.07 Å². The molecule has 0 saturated carbocycles. The number of rotatable bonds is 7. The van der Waals surface area contributed by atoms with Crippen molar-refractivity contribution in [3.05, 3.63) is 66.2 Å². The van der Waals surface area contributed by atoms with E-state index in [9.17, 15) is 18.4 Å². The Hall–Kier alpha value is -3.92. The monoisotopic (exact) mass is 468 g/mol. The lowest BCUT2D eigenvalue weighted by molar-refractivity contribution is 0.112. The minimum atomic E-state index is -1.49. The Morgan fingerprint density at radius 3 is 2.73 bits per heavy atom. The fourth-order valence-corrected chi connectivity index (χ4v) is 3.98. The Morgan fingerprint density at radius 1 is 1.18 bits per heavy atom. The normalized spacial score (nSPS) is 11.7. The zero-order chi connectivity index (χ0) is 23.4. The van der Waals surface area contributed by atoms with Crippen molar-refractivity contribution in [1.82, 2.24) is 15.3 Å². The molecule has 0 fully saturated rings. The summed E-state index contributed by atoms with van der Waals surface area (Å²) in [4.78, 5) is 32.0. The number of urea groups is 1. The number of aldehydes is 1. The number of benzene rings is 1. The maximum atomic E-state index is 14.6. The second-order valence-electron chi connectivity index (χ2n) is 6.95. The van der Waals surface area contributed by atoms with E-state index >= 15 is 0 Å². The van der Waals surface area contributed by atoms with Gasteiger partial charge in [0.05, 0.1) is 20.8 Å². The molecule has 1 atom stereocenters. The summed E-state index contributed by atoms with van der Waals surface area (Å²) < 4.78 is 34.4. The van der Waals surface area contributed by atoms with Crippen LogP contribution in [-0.2, 0) is 0 Å². The molecular weight excluding hydrogens is 450 g/mol. The standard InChI is InChI=1S/C23H18F2N4O3S/c1-2-21(25)29-23(31)28-14-4-6-18(15(24)9-14)32-19-7-8-26-17-10-20(33-22(17)19)16-5-3-13(12-30)11-27-16/h3-12,21H,2H2,1H3,(H2,28,29,31). The molecule has 0 aliphatic carbocycles. The van der Waals surface area contributed by atoms with E-state index in [-0.39, 0.29) is 17.9 Å². The van der Waals surface area contributed by atoms with Crippen LogP contribution in [0.3, 0.4) is 0 Å². The second kappa shape index (κ2) is 9.70. The lowest BCUT2D eigenvalue weighted by Crippen LogP contribution is -2.34. The van der Waals surface area contributed by atoms with Gasteiger partial charge in [0.15, 0.2) is 24.1 Å². The van der Waals surface area contributed by atoms with Crippen molar-refractivity contribution in [2.45, 2.75) is 19.6 Å². The molecule has 0 bridgehead atoms. The minimum absolute atomic E-state index is 0.0474. The van der Waals surface area contributed by atoms with Crippen molar-refractivity contribution in [1.29, 1.82) is 0 Å². The number of aromatic nitrogens is 2. The number of carbonyl (C=O) groups is 2. The van der Waals surface area contributed by atoms with Crippen molar-refractivity contribution in [3.8, 4) is 22.1 Å². The number of nitrogens with zero attached hydrogens (tertiary/aromatic N) is 2. The molecule has 0 aliphatic heterocycles. The van der Waals surface area contributed by atoms with E-state index in [1.54, 1.807) is 31.3 Å². The number of nitrogens with one attached hydrogen (secondary N) is 2. The first-order valence-corrected chi connectivity index (χ1v) is 10.8. The van der Waals surface area contributed by atoms with Gasteiger partial charge in [-0.15, -0.1) is 11.3 Å². The molecule has 1 unspecified atom stereocenters. The number of hydrogen-bond acceptors (Lipinski definition) is 6. The van der Waals surface area contributed by atoms with E-state index in [4.69, 9.17) is 4.74 Å². The number of alkyl halides is 1. The molecule has 1 aromatic carbocycles. The number of fused-ring (bicyclic) bond motifs is 1. The van der Waals surface area contributed by atoms with Crippen molar-refractivity contribution >= 4 is 39.6 Å². The number of amides is 2. The Morgan fingerprint density at radius 2 is 2.03 bits per heavy atom. The van der Waals surface area contributed by atoms with E-state index in [2.05, 4.69) is 20.6 Å². The van der Waals surface area contributed by atoms with Gasteiger partial charge in [0.1, 0.15) is 5.75 Å². The van der Waals surface area contributed by atoms with Crippen LogP contribution in [0.2, 0.25) is 0 Å². The summed E-state index contributed by atoms with van der Waals surface area (Å²) in [5, 5.41) is 4.47. The van der Waals surface area contributed by atoms with Crippen LogP contribution in [0.1, 0.15) is 23.7 Å². The summed E-state index contributed by atoms with van der Waals surface area (Å²) in [6.45, 7) is 1.59. The Kier molecular flexibility index (Phi) is 6.55. The molecule has 2 amide bonds. The van der Waals surface area contributed by atoms with Gasteiger partial charge >= 0.3 is 6.03 Å². The maximum absolute atomic E-state index is 14.6. The third-order valence-corrected chi connectivity index (χ3v) is 5.77. The summed E-state index contributed by atoms with van der Waals surface area (Å²) in [5.74, 6) is -0.344. The third-order valence-electron chi connectivity index (χ3n) is 4.61. The van der Waals surface area contributed by atoms with Gasteiger partial charge in [0.25, 0.3) is 0 Å². The zero-order valence-electron chi connectivity index (χ0n) is 17.3. The van der Waals surface area contributed by atoms with Crippen LogP contribution < -0.4 is 15.4 Å². The topological polar surface area (TPSA) is 93.2 Å². The Balaban J connectivity index is 1.55. The van der Waals surface area contributed by atoms with Crippen molar-refractivity contribution in [2.75, 3.05) is 5.32 Å². The van der Waals surface area contributed by atoms with Gasteiger partial charge < -0.3 is 15.4 Å². The van der Waals surface area contributed by atoms with Crippen LogP contribution in [0.25, 0.3) is 20.8 Å². The lowest BCUT2D eigenvalue weighted by Gasteiger charge is -2.12. The molecule has 2 N–H and O–H groups in total. The number of hydrogen-bond donors (Lipinski definition) is 2.